The zero-order valence-electron chi connectivity index (χ0n) is 24.0. The van der Waals surface area contributed by atoms with E-state index >= 15 is 4.39 Å². The molecule has 1 aliphatic heterocycles. The zero-order valence-corrected chi connectivity index (χ0v) is 25.6. The van der Waals surface area contributed by atoms with E-state index < -0.39 is 21.2 Å². The number of fused-ring (bicyclic) bond motifs is 2. The van der Waals surface area contributed by atoms with Crippen LogP contribution in [-0.4, -0.2) is 43.4 Å². The molecule has 7 rings (SSSR count). The molecule has 4 fully saturated rings. The lowest BCUT2D eigenvalue weighted by molar-refractivity contribution is -0.119. The number of anilines is 1. The number of aryl methyl sites for hydroxylation is 2. The topological polar surface area (TPSA) is 102 Å². The highest BCUT2D eigenvalue weighted by atomic mass is 35.5. The van der Waals surface area contributed by atoms with Gasteiger partial charge in [0.15, 0.2) is 0 Å². The third-order valence-corrected chi connectivity index (χ3v) is 11.5. The average Bonchev–Trinajstić information content (AvgIpc) is 3.89. The molecular formula is C32H35ClFN3O5S. The number of piperidine rings is 1. The van der Waals surface area contributed by atoms with Crippen molar-refractivity contribution < 1.29 is 26.9 Å². The standard InChI is InChI=1S/C32H35ClFN3O5S/c1-18-3-2-4-25(33)30(18)31-24(32(42-35-31)20-7-8-20)17-41-28-15-22-14-21(28)16-37(22)27-11-5-19(13-26(27)34)6-12-29(38)36-43(39,40)23-9-10-23/h2-5,11,13,20-23,28H,6-10,12,14-17H2,1H3,(H,36,38)/t21-,22-,28+/m0/s1. The molecule has 3 aromatic rings. The van der Waals surface area contributed by atoms with Gasteiger partial charge >= 0.3 is 0 Å². The summed E-state index contributed by atoms with van der Waals surface area (Å²) < 4.78 is 53.7. The maximum atomic E-state index is 15.3. The molecule has 4 aliphatic rings. The van der Waals surface area contributed by atoms with E-state index in [0.717, 1.165) is 53.8 Å². The minimum Gasteiger partial charge on any atom is -0.373 e. The third-order valence-electron chi connectivity index (χ3n) is 9.33. The van der Waals surface area contributed by atoms with Gasteiger partial charge in [0.25, 0.3) is 0 Å². The molecular weight excluding hydrogens is 593 g/mol. The molecule has 3 saturated carbocycles. The Hall–Kier alpha value is -2.95. The van der Waals surface area contributed by atoms with Gasteiger partial charge in [0.2, 0.25) is 15.9 Å². The van der Waals surface area contributed by atoms with Gasteiger partial charge in [0, 0.05) is 42.0 Å². The summed E-state index contributed by atoms with van der Waals surface area (Å²) in [6.45, 7) is 3.14. The maximum absolute atomic E-state index is 15.3. The summed E-state index contributed by atoms with van der Waals surface area (Å²) in [5, 5.41) is 4.63. The fraction of sp³-hybridized carbons (Fsp3) is 0.500. The number of nitrogens with one attached hydrogen (secondary N) is 1. The normalized spacial score (nSPS) is 23.2. The summed E-state index contributed by atoms with van der Waals surface area (Å²) in [6.07, 6.45) is 5.44. The lowest BCUT2D eigenvalue weighted by Gasteiger charge is -2.33. The first-order valence-corrected chi connectivity index (χ1v) is 17.1. The minimum absolute atomic E-state index is 0.00935. The highest BCUT2D eigenvalue weighted by Crippen LogP contribution is 2.47. The number of nitrogens with zero attached hydrogens (tertiary/aromatic N) is 2. The predicted molar refractivity (Wildman–Crippen MR) is 161 cm³/mol. The van der Waals surface area contributed by atoms with E-state index in [1.165, 1.54) is 6.07 Å². The van der Waals surface area contributed by atoms with Gasteiger partial charge in [0.1, 0.15) is 17.3 Å². The molecule has 3 atom stereocenters. The number of amides is 1. The van der Waals surface area contributed by atoms with Gasteiger partial charge in [-0.2, -0.15) is 0 Å². The van der Waals surface area contributed by atoms with E-state index in [2.05, 4.69) is 14.8 Å². The van der Waals surface area contributed by atoms with Crippen molar-refractivity contribution in [3.05, 3.63) is 69.7 Å². The number of sulfonamides is 1. The van der Waals surface area contributed by atoms with Gasteiger partial charge in [-0.3, -0.25) is 9.52 Å². The Kier molecular flexibility index (Phi) is 7.50. The summed E-state index contributed by atoms with van der Waals surface area (Å²) in [4.78, 5) is 14.3. The fourth-order valence-electron chi connectivity index (χ4n) is 6.72. The van der Waals surface area contributed by atoms with Crippen LogP contribution in [0.1, 0.15) is 73.3 Å². The first kappa shape index (κ1) is 28.8. The number of benzene rings is 2. The van der Waals surface area contributed by atoms with Gasteiger partial charge in [-0.05, 0) is 81.2 Å². The molecule has 2 heterocycles. The second-order valence-corrected chi connectivity index (χ2v) is 14.9. The third kappa shape index (κ3) is 5.81. The van der Waals surface area contributed by atoms with E-state index in [0.29, 0.717) is 48.2 Å². The van der Waals surface area contributed by atoms with Crippen LogP contribution in [0.15, 0.2) is 40.9 Å². The lowest BCUT2D eigenvalue weighted by atomic mass is 10.00. The van der Waals surface area contributed by atoms with Gasteiger partial charge in [-0.25, -0.2) is 12.8 Å². The fourth-order valence-corrected chi connectivity index (χ4v) is 8.37. The van der Waals surface area contributed by atoms with Crippen LogP contribution in [0.5, 0.6) is 0 Å². The van der Waals surface area contributed by atoms with Crippen LogP contribution < -0.4 is 9.62 Å². The molecule has 3 aliphatic carbocycles. The molecule has 1 amide bonds. The Labute approximate surface area is 256 Å². The minimum atomic E-state index is -3.57. The summed E-state index contributed by atoms with van der Waals surface area (Å²) in [6, 6.07) is 11.1. The van der Waals surface area contributed by atoms with E-state index in [9.17, 15) is 13.2 Å². The second-order valence-electron chi connectivity index (χ2n) is 12.5. The molecule has 8 nitrogen and oxygen atoms in total. The molecule has 0 radical (unpaired) electrons. The van der Waals surface area contributed by atoms with Crippen LogP contribution in [0.2, 0.25) is 5.02 Å². The second kappa shape index (κ2) is 11.2. The van der Waals surface area contributed by atoms with Crippen LogP contribution in [0.4, 0.5) is 10.1 Å². The molecule has 1 saturated heterocycles. The van der Waals surface area contributed by atoms with Crippen molar-refractivity contribution in [1.82, 2.24) is 9.88 Å². The highest BCUT2D eigenvalue weighted by molar-refractivity contribution is 7.90. The van der Waals surface area contributed by atoms with E-state index in [-0.39, 0.29) is 36.7 Å². The number of aromatic nitrogens is 1. The smallest absolute Gasteiger partial charge is 0.237 e. The van der Waals surface area contributed by atoms with Crippen molar-refractivity contribution in [3.63, 3.8) is 0 Å². The number of carbonyl (C=O) groups is 1. The van der Waals surface area contributed by atoms with Gasteiger partial charge < -0.3 is 14.2 Å². The predicted octanol–water partition coefficient (Wildman–Crippen LogP) is 6.04. The van der Waals surface area contributed by atoms with E-state index in [4.69, 9.17) is 20.9 Å². The Bertz CT molecular complexity index is 1650. The van der Waals surface area contributed by atoms with Crippen molar-refractivity contribution in [2.75, 3.05) is 11.4 Å². The van der Waals surface area contributed by atoms with Gasteiger partial charge in [-0.15, -0.1) is 0 Å². The van der Waals surface area contributed by atoms with Crippen molar-refractivity contribution >= 4 is 33.2 Å². The largest absolute Gasteiger partial charge is 0.373 e. The van der Waals surface area contributed by atoms with Crippen LogP contribution >= 0.6 is 11.6 Å². The number of rotatable bonds is 11. The summed E-state index contributed by atoms with van der Waals surface area (Å²) in [5.41, 5.74) is 4.90. The van der Waals surface area contributed by atoms with Gasteiger partial charge in [-0.1, -0.05) is 35.0 Å². The van der Waals surface area contributed by atoms with Crippen molar-refractivity contribution in [2.24, 2.45) is 5.92 Å². The SMILES string of the molecule is Cc1cccc(Cl)c1-c1noc(C2CC2)c1CO[C@@H]1C[C@@H]2C[C@H]1CN2c1ccc(CCC(=O)NS(=O)(=O)C2CC2)cc1F. The Balaban J connectivity index is 0.975. The highest BCUT2D eigenvalue weighted by Gasteiger charge is 2.46. The summed E-state index contributed by atoms with van der Waals surface area (Å²) >= 11 is 6.58. The van der Waals surface area contributed by atoms with Crippen molar-refractivity contribution in [1.29, 1.82) is 0 Å². The summed E-state index contributed by atoms with van der Waals surface area (Å²) in [5.74, 6) is 0.698. The van der Waals surface area contributed by atoms with Crippen LogP contribution in [0, 0.1) is 18.7 Å². The summed E-state index contributed by atoms with van der Waals surface area (Å²) in [7, 11) is -3.57. The molecule has 0 spiro atoms. The number of hydrogen-bond acceptors (Lipinski definition) is 7. The Morgan fingerprint density at radius 2 is 2.00 bits per heavy atom. The number of carbonyl (C=O) groups excluding carboxylic acids is 1. The average molecular weight is 628 g/mol. The molecule has 2 bridgehead atoms. The van der Waals surface area contributed by atoms with Crippen LogP contribution in [0.25, 0.3) is 11.3 Å². The maximum Gasteiger partial charge on any atom is 0.237 e. The van der Waals surface area contributed by atoms with Crippen molar-refractivity contribution in [3.8, 4) is 11.3 Å². The molecule has 2 aromatic carbocycles. The van der Waals surface area contributed by atoms with Crippen LogP contribution in [-0.2, 0) is 32.6 Å². The zero-order chi connectivity index (χ0) is 29.9. The molecule has 1 aromatic heterocycles. The first-order valence-electron chi connectivity index (χ1n) is 15.1. The van der Waals surface area contributed by atoms with Crippen LogP contribution in [0.3, 0.4) is 0 Å². The molecule has 228 valence electrons. The van der Waals surface area contributed by atoms with Crippen molar-refractivity contribution in [2.45, 2.75) is 88.2 Å². The Morgan fingerprint density at radius 1 is 1.19 bits per heavy atom. The Morgan fingerprint density at radius 3 is 2.67 bits per heavy atom. The number of hydrogen-bond donors (Lipinski definition) is 1. The molecule has 11 heteroatoms. The monoisotopic (exact) mass is 627 g/mol. The number of halogens is 2. The molecule has 0 unspecified atom stereocenters. The molecule has 1 N–H and O–H groups in total. The van der Waals surface area contributed by atoms with E-state index in [1.807, 2.05) is 31.2 Å². The first-order chi connectivity index (χ1) is 20.7. The lowest BCUT2D eigenvalue weighted by Crippen LogP contribution is -2.39. The molecule has 43 heavy (non-hydrogen) atoms. The van der Waals surface area contributed by atoms with Gasteiger partial charge in [0.05, 0.1) is 28.7 Å². The van der Waals surface area contributed by atoms with E-state index in [1.54, 1.807) is 6.07 Å². The number of ether oxygens (including phenoxy) is 1. The quantitative estimate of drug-likeness (QED) is 0.276.